The van der Waals surface area contributed by atoms with Crippen LogP contribution in [0.2, 0.25) is 0 Å². The average molecular weight is 219 g/mol. The Hall–Kier alpha value is -0.780. The lowest BCUT2D eigenvalue weighted by Crippen LogP contribution is -2.76. The van der Waals surface area contributed by atoms with Crippen molar-refractivity contribution in [2.24, 2.45) is 5.41 Å². The number of hydrogen-bond donors (Lipinski definition) is 2. The van der Waals surface area contributed by atoms with Crippen molar-refractivity contribution in [3.63, 3.8) is 0 Å². The van der Waals surface area contributed by atoms with Crippen LogP contribution in [0, 0.1) is 5.41 Å². The third kappa shape index (κ3) is 1.47. The van der Waals surface area contributed by atoms with E-state index in [1.54, 1.807) is 0 Å². The lowest BCUT2D eigenvalue weighted by Gasteiger charge is -2.70. The summed E-state index contributed by atoms with van der Waals surface area (Å²) in [5, 5.41) is 11.0. The smallest absolute Gasteiger partial charge is 0.405 e. The Labute approximate surface area is 82.4 Å². The summed E-state index contributed by atoms with van der Waals surface area (Å²) >= 11 is 0. The van der Waals surface area contributed by atoms with Crippen LogP contribution in [-0.2, 0) is 9.84 Å². The first-order valence-corrected chi connectivity index (χ1v) is 6.49. The first kappa shape index (κ1) is 9.76. The lowest BCUT2D eigenvalue weighted by molar-refractivity contribution is -0.131. The van der Waals surface area contributed by atoms with E-state index in [1.807, 2.05) is 0 Å². The summed E-state index contributed by atoms with van der Waals surface area (Å²) in [5.41, 5.74) is -0.410. The van der Waals surface area contributed by atoms with E-state index >= 15 is 0 Å². The van der Waals surface area contributed by atoms with E-state index in [0.29, 0.717) is 19.3 Å². The quantitative estimate of drug-likeness (QED) is 0.711. The molecule has 14 heavy (non-hydrogen) atoms. The molecule has 2 N–H and O–H groups in total. The summed E-state index contributed by atoms with van der Waals surface area (Å²) in [4.78, 5) is 10.4. The van der Waals surface area contributed by atoms with Crippen molar-refractivity contribution in [2.45, 2.75) is 24.8 Å². The summed E-state index contributed by atoms with van der Waals surface area (Å²) in [6.45, 7) is 0. The van der Waals surface area contributed by atoms with Crippen LogP contribution in [0.1, 0.15) is 19.3 Å². The molecule has 0 radical (unpaired) electrons. The molecule has 5 nitrogen and oxygen atoms in total. The molecule has 3 saturated carbocycles. The van der Waals surface area contributed by atoms with Crippen LogP contribution in [0.25, 0.3) is 0 Å². The van der Waals surface area contributed by atoms with Crippen LogP contribution < -0.4 is 5.32 Å². The number of hydrogen-bond acceptors (Lipinski definition) is 3. The largest absolute Gasteiger partial charge is 0.465 e. The molecule has 6 heteroatoms. The van der Waals surface area contributed by atoms with Gasteiger partial charge < -0.3 is 10.4 Å². The number of sulfone groups is 1. The van der Waals surface area contributed by atoms with Gasteiger partial charge in [-0.05, 0) is 24.7 Å². The van der Waals surface area contributed by atoms with E-state index in [9.17, 15) is 13.2 Å². The molecule has 0 aromatic carbocycles. The highest BCUT2D eigenvalue weighted by Gasteiger charge is 2.69. The molecule has 3 fully saturated rings. The van der Waals surface area contributed by atoms with Crippen LogP contribution in [0.5, 0.6) is 0 Å². The van der Waals surface area contributed by atoms with Gasteiger partial charge in [0.25, 0.3) is 0 Å². The van der Waals surface area contributed by atoms with E-state index in [2.05, 4.69) is 5.32 Å². The second-order valence-electron chi connectivity index (χ2n) is 4.81. The van der Waals surface area contributed by atoms with Gasteiger partial charge in [-0.25, -0.2) is 13.2 Å². The monoisotopic (exact) mass is 219 g/mol. The van der Waals surface area contributed by atoms with Gasteiger partial charge in [0.05, 0.1) is 5.75 Å². The van der Waals surface area contributed by atoms with Gasteiger partial charge in [-0.15, -0.1) is 0 Å². The number of nitrogens with one attached hydrogen (secondary N) is 1. The van der Waals surface area contributed by atoms with E-state index in [-0.39, 0.29) is 16.7 Å². The highest BCUT2D eigenvalue weighted by Crippen LogP contribution is 2.67. The van der Waals surface area contributed by atoms with Crippen molar-refractivity contribution in [1.29, 1.82) is 0 Å². The summed E-state index contributed by atoms with van der Waals surface area (Å²) in [5.74, 6) is 0.197. The van der Waals surface area contributed by atoms with Gasteiger partial charge in [0.15, 0.2) is 0 Å². The minimum atomic E-state index is -2.94. The van der Waals surface area contributed by atoms with E-state index < -0.39 is 15.9 Å². The Balaban J connectivity index is 1.92. The van der Waals surface area contributed by atoms with Crippen LogP contribution in [-0.4, -0.2) is 37.2 Å². The van der Waals surface area contributed by atoms with Gasteiger partial charge in [-0.2, -0.15) is 0 Å². The fourth-order valence-electron chi connectivity index (χ4n) is 3.07. The maximum atomic E-state index is 11.1. The summed E-state index contributed by atoms with van der Waals surface area (Å²) < 4.78 is 22.1. The zero-order valence-electron chi connectivity index (χ0n) is 7.91. The maximum absolute atomic E-state index is 11.1. The summed E-state index contributed by atoms with van der Waals surface area (Å²) in [7, 11) is -2.94. The topological polar surface area (TPSA) is 83.5 Å². The molecule has 80 valence electrons. The Kier molecular flexibility index (Phi) is 1.69. The molecule has 0 spiro atoms. The standard InChI is InChI=1S/C8H13NO4S/c1-14(12,13)5-7-2-8(3-7,4-7)9-6(10)11/h9H,2-5H2,1H3,(H,10,11). The van der Waals surface area contributed by atoms with Gasteiger partial charge in [0.2, 0.25) is 0 Å². The molecule has 3 aliphatic carbocycles. The number of amides is 1. The zero-order valence-corrected chi connectivity index (χ0v) is 8.73. The Morgan fingerprint density at radius 1 is 1.43 bits per heavy atom. The first-order valence-electron chi connectivity index (χ1n) is 4.43. The number of carboxylic acid groups (broad SMARTS) is 1. The summed E-state index contributed by atoms with van der Waals surface area (Å²) in [6.07, 6.45) is 2.25. The second-order valence-corrected chi connectivity index (χ2v) is 6.95. The van der Waals surface area contributed by atoms with E-state index in [1.165, 1.54) is 6.26 Å². The Bertz CT molecular complexity index is 366. The molecule has 3 aliphatic rings. The van der Waals surface area contributed by atoms with E-state index in [0.717, 1.165) is 0 Å². The molecule has 0 aliphatic heterocycles. The molecule has 3 rings (SSSR count). The molecular weight excluding hydrogens is 206 g/mol. The molecule has 0 saturated heterocycles. The predicted molar refractivity (Wildman–Crippen MR) is 49.9 cm³/mol. The fourth-order valence-corrected chi connectivity index (χ4v) is 4.49. The van der Waals surface area contributed by atoms with Crippen molar-refractivity contribution in [3.05, 3.63) is 0 Å². The van der Waals surface area contributed by atoms with Crippen molar-refractivity contribution < 1.29 is 18.3 Å². The lowest BCUT2D eigenvalue weighted by atomic mass is 9.40. The van der Waals surface area contributed by atoms with Crippen molar-refractivity contribution in [2.75, 3.05) is 12.0 Å². The highest BCUT2D eigenvalue weighted by molar-refractivity contribution is 7.90. The Morgan fingerprint density at radius 2 is 1.93 bits per heavy atom. The molecule has 0 heterocycles. The third-order valence-electron chi connectivity index (χ3n) is 3.08. The van der Waals surface area contributed by atoms with E-state index in [4.69, 9.17) is 5.11 Å². The van der Waals surface area contributed by atoms with Crippen molar-refractivity contribution in [1.82, 2.24) is 5.32 Å². The fraction of sp³-hybridized carbons (Fsp3) is 0.875. The first-order chi connectivity index (χ1) is 6.24. The second kappa shape index (κ2) is 2.42. The molecule has 0 unspecified atom stereocenters. The van der Waals surface area contributed by atoms with Crippen LogP contribution in [0.4, 0.5) is 4.79 Å². The molecular formula is C8H13NO4S. The SMILES string of the molecule is CS(=O)(=O)CC12CC(NC(=O)O)(C1)C2. The third-order valence-corrected chi connectivity index (χ3v) is 4.22. The Morgan fingerprint density at radius 3 is 2.29 bits per heavy atom. The molecule has 2 bridgehead atoms. The maximum Gasteiger partial charge on any atom is 0.405 e. The van der Waals surface area contributed by atoms with Crippen molar-refractivity contribution >= 4 is 15.9 Å². The van der Waals surface area contributed by atoms with Gasteiger partial charge in [-0.3, -0.25) is 0 Å². The predicted octanol–water partition coefficient (Wildman–Crippen LogP) is 0.221. The number of carbonyl (C=O) groups is 1. The van der Waals surface area contributed by atoms with Gasteiger partial charge in [-0.1, -0.05) is 0 Å². The van der Waals surface area contributed by atoms with Gasteiger partial charge in [0, 0.05) is 11.8 Å². The van der Waals surface area contributed by atoms with Gasteiger partial charge >= 0.3 is 6.09 Å². The zero-order chi connectivity index (χ0) is 10.6. The molecule has 1 amide bonds. The summed E-state index contributed by atoms with van der Waals surface area (Å²) in [6, 6.07) is 0. The van der Waals surface area contributed by atoms with Crippen LogP contribution in [0.15, 0.2) is 0 Å². The number of rotatable bonds is 3. The highest BCUT2D eigenvalue weighted by atomic mass is 32.2. The molecule has 0 aromatic rings. The average Bonchev–Trinajstić information content (AvgIpc) is 1.75. The molecule has 0 atom stereocenters. The minimum absolute atomic E-state index is 0.115. The normalized spacial score (nSPS) is 39.5. The van der Waals surface area contributed by atoms with Crippen LogP contribution in [0.3, 0.4) is 0 Å². The van der Waals surface area contributed by atoms with Crippen molar-refractivity contribution in [3.8, 4) is 0 Å². The van der Waals surface area contributed by atoms with Crippen LogP contribution >= 0.6 is 0 Å². The van der Waals surface area contributed by atoms with Gasteiger partial charge in [0.1, 0.15) is 9.84 Å². The minimum Gasteiger partial charge on any atom is -0.465 e. The molecule has 0 aromatic heterocycles.